The summed E-state index contributed by atoms with van der Waals surface area (Å²) >= 11 is 0. The molecule has 0 bridgehead atoms. The van der Waals surface area contributed by atoms with Gasteiger partial charge in [0.15, 0.2) is 0 Å². The van der Waals surface area contributed by atoms with E-state index in [2.05, 4.69) is 16.7 Å². The molecule has 1 aromatic carbocycles. The largest absolute Gasteiger partial charge is 0.497 e. The van der Waals surface area contributed by atoms with Crippen molar-refractivity contribution in [2.45, 2.75) is 19.4 Å². The minimum Gasteiger partial charge on any atom is -0.497 e. The van der Waals surface area contributed by atoms with Gasteiger partial charge in [-0.15, -0.1) is 0 Å². The Morgan fingerprint density at radius 3 is 2.53 bits per heavy atom. The molecule has 2 N–H and O–H groups in total. The van der Waals surface area contributed by atoms with Crippen LogP contribution in [0.25, 0.3) is 0 Å². The van der Waals surface area contributed by atoms with Crippen molar-refractivity contribution in [3.63, 3.8) is 0 Å². The van der Waals surface area contributed by atoms with Crippen LogP contribution < -0.4 is 20.1 Å². The van der Waals surface area contributed by atoms with Crippen LogP contribution in [0.3, 0.4) is 0 Å². The van der Waals surface area contributed by atoms with Gasteiger partial charge in [0, 0.05) is 31.3 Å². The number of hydrogen-bond acceptors (Lipinski definition) is 4. The molecule has 1 aliphatic carbocycles. The van der Waals surface area contributed by atoms with Crippen molar-refractivity contribution < 1.29 is 9.47 Å². The van der Waals surface area contributed by atoms with Gasteiger partial charge in [-0.05, 0) is 31.4 Å². The van der Waals surface area contributed by atoms with E-state index >= 15 is 0 Å². The SMILES string of the molecule is CNCC1(CNCc2ccc(OC)cc2OC)CC1. The Morgan fingerprint density at radius 2 is 1.95 bits per heavy atom. The van der Waals surface area contributed by atoms with Gasteiger partial charge in [-0.25, -0.2) is 0 Å². The van der Waals surface area contributed by atoms with Crippen molar-refractivity contribution in [2.75, 3.05) is 34.4 Å². The maximum atomic E-state index is 5.40. The molecule has 0 atom stereocenters. The molecule has 0 unspecified atom stereocenters. The molecular formula is C15H24N2O2. The van der Waals surface area contributed by atoms with Gasteiger partial charge in [0.05, 0.1) is 14.2 Å². The number of rotatable bonds is 8. The molecule has 0 heterocycles. The Morgan fingerprint density at radius 1 is 1.16 bits per heavy atom. The lowest BCUT2D eigenvalue weighted by Gasteiger charge is -2.16. The van der Waals surface area contributed by atoms with Gasteiger partial charge < -0.3 is 20.1 Å². The molecule has 0 amide bonds. The average Bonchev–Trinajstić information content (AvgIpc) is 3.19. The van der Waals surface area contributed by atoms with Crippen LogP contribution in [0, 0.1) is 5.41 Å². The second-order valence-electron chi connectivity index (χ2n) is 5.31. The van der Waals surface area contributed by atoms with Crippen LogP contribution in [0.1, 0.15) is 18.4 Å². The van der Waals surface area contributed by atoms with Gasteiger partial charge in [-0.1, -0.05) is 6.07 Å². The van der Waals surface area contributed by atoms with Crippen LogP contribution in [-0.2, 0) is 6.54 Å². The Balaban J connectivity index is 1.89. The van der Waals surface area contributed by atoms with Crippen molar-refractivity contribution in [1.82, 2.24) is 10.6 Å². The zero-order chi connectivity index (χ0) is 13.7. The van der Waals surface area contributed by atoms with Crippen LogP contribution in [0.15, 0.2) is 18.2 Å². The first kappa shape index (κ1) is 14.2. The van der Waals surface area contributed by atoms with E-state index in [-0.39, 0.29) is 0 Å². The van der Waals surface area contributed by atoms with E-state index in [0.29, 0.717) is 5.41 Å². The van der Waals surface area contributed by atoms with Gasteiger partial charge in [0.25, 0.3) is 0 Å². The smallest absolute Gasteiger partial charge is 0.127 e. The Labute approximate surface area is 115 Å². The van der Waals surface area contributed by atoms with Crippen molar-refractivity contribution >= 4 is 0 Å². The van der Waals surface area contributed by atoms with Gasteiger partial charge >= 0.3 is 0 Å². The predicted molar refractivity (Wildman–Crippen MR) is 76.8 cm³/mol. The van der Waals surface area contributed by atoms with E-state index < -0.39 is 0 Å². The van der Waals surface area contributed by atoms with E-state index in [9.17, 15) is 0 Å². The zero-order valence-electron chi connectivity index (χ0n) is 12.1. The van der Waals surface area contributed by atoms with E-state index in [1.54, 1.807) is 14.2 Å². The second kappa shape index (κ2) is 6.26. The maximum Gasteiger partial charge on any atom is 0.127 e. The quantitative estimate of drug-likeness (QED) is 0.751. The summed E-state index contributed by atoms with van der Waals surface area (Å²) in [5.41, 5.74) is 1.65. The minimum absolute atomic E-state index is 0.481. The van der Waals surface area contributed by atoms with E-state index in [0.717, 1.165) is 31.1 Å². The summed E-state index contributed by atoms with van der Waals surface area (Å²) in [7, 11) is 5.38. The highest BCUT2D eigenvalue weighted by Gasteiger charge is 2.41. The monoisotopic (exact) mass is 264 g/mol. The third-order valence-corrected chi connectivity index (χ3v) is 3.82. The second-order valence-corrected chi connectivity index (χ2v) is 5.31. The molecule has 1 aromatic rings. The average molecular weight is 264 g/mol. The lowest BCUT2D eigenvalue weighted by atomic mass is 10.1. The predicted octanol–water partition coefficient (Wildman–Crippen LogP) is 1.79. The summed E-state index contributed by atoms with van der Waals surface area (Å²) in [4.78, 5) is 0. The highest BCUT2D eigenvalue weighted by atomic mass is 16.5. The Kier molecular flexibility index (Phi) is 4.66. The molecule has 0 spiro atoms. The van der Waals surface area contributed by atoms with Gasteiger partial charge in [0.2, 0.25) is 0 Å². The molecule has 1 aliphatic rings. The first-order valence-corrected chi connectivity index (χ1v) is 6.79. The summed E-state index contributed by atoms with van der Waals surface area (Å²) in [6.07, 6.45) is 2.64. The third kappa shape index (κ3) is 3.61. The molecular weight excluding hydrogens is 240 g/mol. The van der Waals surface area contributed by atoms with Crippen molar-refractivity contribution in [3.05, 3.63) is 23.8 Å². The molecule has 0 radical (unpaired) electrons. The summed E-state index contributed by atoms with van der Waals surface area (Å²) in [5.74, 6) is 1.71. The maximum absolute atomic E-state index is 5.40. The lowest BCUT2D eigenvalue weighted by Crippen LogP contribution is -2.31. The third-order valence-electron chi connectivity index (χ3n) is 3.82. The number of ether oxygens (including phenoxy) is 2. The van der Waals surface area contributed by atoms with Crippen LogP contribution in [-0.4, -0.2) is 34.4 Å². The van der Waals surface area contributed by atoms with Crippen molar-refractivity contribution in [3.8, 4) is 11.5 Å². The fourth-order valence-corrected chi connectivity index (χ4v) is 2.43. The van der Waals surface area contributed by atoms with Crippen molar-refractivity contribution in [2.24, 2.45) is 5.41 Å². The molecule has 0 aliphatic heterocycles. The number of methoxy groups -OCH3 is 2. The van der Waals surface area contributed by atoms with Gasteiger partial charge in [-0.3, -0.25) is 0 Å². The summed E-state index contributed by atoms with van der Waals surface area (Å²) < 4.78 is 10.6. The first-order chi connectivity index (χ1) is 9.23. The summed E-state index contributed by atoms with van der Waals surface area (Å²) in [5, 5.41) is 6.82. The fourth-order valence-electron chi connectivity index (χ4n) is 2.43. The van der Waals surface area contributed by atoms with E-state index in [1.165, 1.54) is 18.4 Å². The lowest BCUT2D eigenvalue weighted by molar-refractivity contribution is 0.387. The minimum atomic E-state index is 0.481. The fraction of sp³-hybridized carbons (Fsp3) is 0.600. The molecule has 0 aromatic heterocycles. The van der Waals surface area contributed by atoms with Crippen LogP contribution in [0.5, 0.6) is 11.5 Å². The molecule has 4 nitrogen and oxygen atoms in total. The number of nitrogens with one attached hydrogen (secondary N) is 2. The molecule has 106 valence electrons. The first-order valence-electron chi connectivity index (χ1n) is 6.79. The van der Waals surface area contributed by atoms with E-state index in [4.69, 9.17) is 9.47 Å². The summed E-state index contributed by atoms with van der Waals surface area (Å²) in [6, 6.07) is 5.96. The molecule has 19 heavy (non-hydrogen) atoms. The van der Waals surface area contributed by atoms with Crippen LogP contribution in [0.2, 0.25) is 0 Å². The number of hydrogen-bond donors (Lipinski definition) is 2. The highest BCUT2D eigenvalue weighted by molar-refractivity contribution is 5.40. The highest BCUT2D eigenvalue weighted by Crippen LogP contribution is 2.44. The van der Waals surface area contributed by atoms with Crippen LogP contribution in [0.4, 0.5) is 0 Å². The number of benzene rings is 1. The van der Waals surface area contributed by atoms with Gasteiger partial charge in [0.1, 0.15) is 11.5 Å². The molecule has 0 saturated heterocycles. The van der Waals surface area contributed by atoms with Crippen molar-refractivity contribution in [1.29, 1.82) is 0 Å². The standard InChI is InChI=1S/C15H24N2O2/c1-16-10-15(6-7-15)11-17-9-12-4-5-13(18-2)8-14(12)19-3/h4-5,8,16-17H,6-7,9-11H2,1-3H3. The Bertz CT molecular complexity index is 417. The topological polar surface area (TPSA) is 42.5 Å². The normalized spacial score (nSPS) is 16.2. The zero-order valence-corrected chi connectivity index (χ0v) is 12.1. The molecule has 1 saturated carbocycles. The van der Waals surface area contributed by atoms with Crippen LogP contribution >= 0.6 is 0 Å². The Hall–Kier alpha value is -1.26. The molecule has 1 fully saturated rings. The summed E-state index contributed by atoms with van der Waals surface area (Å²) in [6.45, 7) is 2.99. The molecule has 2 rings (SSSR count). The van der Waals surface area contributed by atoms with Gasteiger partial charge in [-0.2, -0.15) is 0 Å². The molecule has 4 heteroatoms. The van der Waals surface area contributed by atoms with E-state index in [1.807, 2.05) is 19.2 Å².